The molecule has 0 bridgehead atoms. The van der Waals surface area contributed by atoms with E-state index in [1.807, 2.05) is 42.3 Å². The maximum absolute atomic E-state index is 12.4. The minimum atomic E-state index is 0.0818. The number of furan rings is 1. The molecule has 6 heteroatoms. The summed E-state index contributed by atoms with van der Waals surface area (Å²) in [6.07, 6.45) is 7.99. The average Bonchev–Trinajstić information content (AvgIpc) is 3.50. The molecule has 30 heavy (non-hydrogen) atoms. The van der Waals surface area contributed by atoms with E-state index in [0.29, 0.717) is 19.0 Å². The van der Waals surface area contributed by atoms with Crippen LogP contribution in [0.25, 0.3) is 0 Å². The third-order valence-electron chi connectivity index (χ3n) is 6.26. The molecule has 0 spiro atoms. The highest BCUT2D eigenvalue weighted by atomic mass is 16.3. The van der Waals surface area contributed by atoms with Crippen molar-refractivity contribution in [3.63, 3.8) is 0 Å². The molecule has 1 saturated carbocycles. The second-order valence-electron chi connectivity index (χ2n) is 8.40. The summed E-state index contributed by atoms with van der Waals surface area (Å²) in [5.41, 5.74) is 1.18. The molecule has 1 aliphatic heterocycles. The van der Waals surface area contributed by atoms with Gasteiger partial charge in [-0.15, -0.1) is 0 Å². The minimum absolute atomic E-state index is 0.0818. The lowest BCUT2D eigenvalue weighted by molar-refractivity contribution is -0.127. The molecule has 4 rings (SSSR count). The van der Waals surface area contributed by atoms with Crippen LogP contribution in [0, 0.1) is 5.92 Å². The molecule has 1 amide bonds. The highest BCUT2D eigenvalue weighted by Gasteiger charge is 2.38. The Bertz CT molecular complexity index is 828. The summed E-state index contributed by atoms with van der Waals surface area (Å²) in [5.74, 6) is 2.19. The summed E-state index contributed by atoms with van der Waals surface area (Å²) in [6.45, 7) is 1.39. The van der Waals surface area contributed by atoms with E-state index < -0.39 is 0 Å². The number of benzene rings is 1. The lowest BCUT2D eigenvalue weighted by Gasteiger charge is -2.25. The number of amides is 1. The molecule has 1 saturated heterocycles. The van der Waals surface area contributed by atoms with Crippen molar-refractivity contribution in [1.82, 2.24) is 15.5 Å². The van der Waals surface area contributed by atoms with Gasteiger partial charge < -0.3 is 20.0 Å². The molecule has 1 aromatic heterocycles. The zero-order chi connectivity index (χ0) is 20.8. The molecule has 2 atom stereocenters. The molecule has 2 fully saturated rings. The Labute approximate surface area is 178 Å². The van der Waals surface area contributed by atoms with Gasteiger partial charge in [0.25, 0.3) is 0 Å². The zero-order valence-corrected chi connectivity index (χ0v) is 17.7. The first-order valence-electron chi connectivity index (χ1n) is 11.1. The van der Waals surface area contributed by atoms with Crippen molar-refractivity contribution < 1.29 is 9.21 Å². The molecule has 0 radical (unpaired) electrons. The van der Waals surface area contributed by atoms with Gasteiger partial charge in [0.15, 0.2) is 5.96 Å². The third-order valence-corrected chi connectivity index (χ3v) is 6.26. The number of nitrogens with one attached hydrogen (secondary N) is 2. The van der Waals surface area contributed by atoms with Gasteiger partial charge in [0.05, 0.1) is 12.3 Å². The summed E-state index contributed by atoms with van der Waals surface area (Å²) in [6, 6.07) is 14.8. The van der Waals surface area contributed by atoms with E-state index in [4.69, 9.17) is 9.41 Å². The molecule has 2 aliphatic rings. The number of likely N-dealkylation sites (tertiary alicyclic amines) is 1. The van der Waals surface area contributed by atoms with Crippen LogP contribution in [0.15, 0.2) is 58.1 Å². The van der Waals surface area contributed by atoms with Gasteiger partial charge in [0, 0.05) is 44.9 Å². The molecular weight excluding hydrogens is 376 g/mol. The summed E-state index contributed by atoms with van der Waals surface area (Å²) in [5, 5.41) is 7.07. The summed E-state index contributed by atoms with van der Waals surface area (Å²) in [4.78, 5) is 19.2. The second-order valence-corrected chi connectivity index (χ2v) is 8.40. The van der Waals surface area contributed by atoms with E-state index >= 15 is 0 Å². The van der Waals surface area contributed by atoms with Gasteiger partial charge >= 0.3 is 0 Å². The lowest BCUT2D eigenvalue weighted by atomic mass is 9.94. The normalized spacial score (nSPS) is 22.6. The van der Waals surface area contributed by atoms with Crippen molar-refractivity contribution in [3.8, 4) is 0 Å². The lowest BCUT2D eigenvalue weighted by Crippen LogP contribution is -2.43. The first kappa shape index (κ1) is 20.5. The van der Waals surface area contributed by atoms with Crippen LogP contribution < -0.4 is 10.6 Å². The number of rotatable bonds is 7. The van der Waals surface area contributed by atoms with Gasteiger partial charge in [-0.25, -0.2) is 0 Å². The van der Waals surface area contributed by atoms with Crippen LogP contribution >= 0.6 is 0 Å². The van der Waals surface area contributed by atoms with Gasteiger partial charge in [-0.2, -0.15) is 0 Å². The van der Waals surface area contributed by atoms with Crippen LogP contribution in [0.2, 0.25) is 0 Å². The van der Waals surface area contributed by atoms with Crippen LogP contribution in [0.3, 0.4) is 0 Å². The van der Waals surface area contributed by atoms with Crippen LogP contribution in [0.1, 0.15) is 49.5 Å². The Kier molecular flexibility index (Phi) is 6.72. The molecule has 2 aromatic rings. The van der Waals surface area contributed by atoms with E-state index in [1.54, 1.807) is 6.26 Å². The molecule has 2 heterocycles. The number of nitrogens with zero attached hydrogens (tertiary/aromatic N) is 2. The quantitative estimate of drug-likeness (QED) is 0.543. The maximum Gasteiger partial charge on any atom is 0.223 e. The van der Waals surface area contributed by atoms with Crippen molar-refractivity contribution in [1.29, 1.82) is 0 Å². The Morgan fingerprint density at radius 2 is 1.97 bits per heavy atom. The zero-order valence-electron chi connectivity index (χ0n) is 17.7. The second kappa shape index (κ2) is 9.83. The van der Waals surface area contributed by atoms with Crippen molar-refractivity contribution in [2.45, 2.75) is 50.6 Å². The van der Waals surface area contributed by atoms with E-state index in [0.717, 1.165) is 24.7 Å². The highest BCUT2D eigenvalue weighted by molar-refractivity contribution is 5.81. The van der Waals surface area contributed by atoms with Crippen molar-refractivity contribution >= 4 is 11.9 Å². The summed E-state index contributed by atoms with van der Waals surface area (Å²) < 4.78 is 5.43. The molecule has 6 nitrogen and oxygen atoms in total. The fraction of sp³-hybridized carbons (Fsp3) is 0.500. The molecule has 2 unspecified atom stereocenters. The molecular formula is C24H32N4O2. The fourth-order valence-corrected chi connectivity index (χ4v) is 4.65. The van der Waals surface area contributed by atoms with Gasteiger partial charge in [-0.05, 0) is 30.5 Å². The van der Waals surface area contributed by atoms with E-state index in [1.165, 1.54) is 31.2 Å². The maximum atomic E-state index is 12.4. The molecule has 2 N–H and O–H groups in total. The molecule has 160 valence electrons. The standard InChI is InChI=1S/C24H32N4O2/c1-28-22(29)16-19(23(28)18-8-3-2-4-9-18)17-26-24(27-20-10-5-6-11-20)25-14-13-21-12-7-15-30-21/h2-4,7-9,12,15,19-20,23H,5-6,10-11,13-14,16-17H2,1H3,(H2,25,26,27). The van der Waals surface area contributed by atoms with Crippen LogP contribution in [0.5, 0.6) is 0 Å². The highest BCUT2D eigenvalue weighted by Crippen LogP contribution is 2.37. The smallest absolute Gasteiger partial charge is 0.223 e. The van der Waals surface area contributed by atoms with Crippen LogP contribution in [-0.2, 0) is 11.2 Å². The van der Waals surface area contributed by atoms with Gasteiger partial charge in [-0.1, -0.05) is 43.2 Å². The first-order valence-corrected chi connectivity index (χ1v) is 11.1. The largest absolute Gasteiger partial charge is 0.469 e. The van der Waals surface area contributed by atoms with Crippen molar-refractivity contribution in [2.24, 2.45) is 10.9 Å². The molecule has 1 aromatic carbocycles. The number of hydrogen-bond acceptors (Lipinski definition) is 3. The van der Waals surface area contributed by atoms with E-state index in [-0.39, 0.29) is 17.9 Å². The number of guanidine groups is 1. The SMILES string of the molecule is CN1C(=O)CC(CN=C(NCCc2ccco2)NC2CCCC2)C1c1ccccc1. The third kappa shape index (κ3) is 5.04. The van der Waals surface area contributed by atoms with Crippen molar-refractivity contribution in [2.75, 3.05) is 20.1 Å². The monoisotopic (exact) mass is 408 g/mol. The first-order chi connectivity index (χ1) is 14.7. The predicted octanol–water partition coefficient (Wildman–Crippen LogP) is 3.52. The Morgan fingerprint density at radius 1 is 1.17 bits per heavy atom. The van der Waals surface area contributed by atoms with Gasteiger partial charge in [-0.3, -0.25) is 9.79 Å². The topological polar surface area (TPSA) is 69.9 Å². The minimum Gasteiger partial charge on any atom is -0.469 e. The van der Waals surface area contributed by atoms with Gasteiger partial charge in [0.1, 0.15) is 5.76 Å². The predicted molar refractivity (Wildman–Crippen MR) is 118 cm³/mol. The Balaban J connectivity index is 1.43. The van der Waals surface area contributed by atoms with E-state index in [9.17, 15) is 4.79 Å². The average molecular weight is 409 g/mol. The fourth-order valence-electron chi connectivity index (χ4n) is 4.65. The summed E-state index contributed by atoms with van der Waals surface area (Å²) >= 11 is 0. The number of carbonyl (C=O) groups excluding carboxylic acids is 1. The number of carbonyl (C=O) groups is 1. The van der Waals surface area contributed by atoms with Gasteiger partial charge in [0.2, 0.25) is 5.91 Å². The number of hydrogen-bond donors (Lipinski definition) is 2. The molecule has 1 aliphatic carbocycles. The van der Waals surface area contributed by atoms with E-state index in [2.05, 4.69) is 22.8 Å². The van der Waals surface area contributed by atoms with Crippen LogP contribution in [0.4, 0.5) is 0 Å². The van der Waals surface area contributed by atoms with Crippen molar-refractivity contribution in [3.05, 3.63) is 60.1 Å². The Hall–Kier alpha value is -2.76. The number of aliphatic imine (C=N–C) groups is 1. The van der Waals surface area contributed by atoms with Crippen LogP contribution in [-0.4, -0.2) is 42.9 Å². The Morgan fingerprint density at radius 3 is 2.70 bits per heavy atom. The summed E-state index contributed by atoms with van der Waals surface area (Å²) in [7, 11) is 1.91.